The maximum atomic E-state index is 13.7. The van der Waals surface area contributed by atoms with E-state index in [1.54, 1.807) is 30.5 Å². The van der Waals surface area contributed by atoms with Gasteiger partial charge in [0, 0.05) is 11.8 Å². The lowest BCUT2D eigenvalue weighted by Crippen LogP contribution is -2.27. The van der Waals surface area contributed by atoms with Crippen molar-refractivity contribution in [1.29, 1.82) is 0 Å². The lowest BCUT2D eigenvalue weighted by atomic mass is 10.1. The average molecular weight is 331 g/mol. The lowest BCUT2D eigenvalue weighted by molar-refractivity contribution is 0.0934. The normalized spacial score (nSPS) is 12.1. The Hall–Kier alpha value is -2.61. The lowest BCUT2D eigenvalue weighted by Gasteiger charge is -2.09. The highest BCUT2D eigenvalue weighted by molar-refractivity contribution is 7.09. The van der Waals surface area contributed by atoms with Crippen LogP contribution in [0, 0.1) is 5.82 Å². The Bertz CT molecular complexity index is 802. The van der Waals surface area contributed by atoms with Crippen LogP contribution in [0.3, 0.4) is 0 Å². The molecule has 0 saturated heterocycles. The summed E-state index contributed by atoms with van der Waals surface area (Å²) in [5, 5.41) is 11.6. The molecule has 0 spiro atoms. The van der Waals surface area contributed by atoms with E-state index in [-0.39, 0.29) is 17.8 Å². The van der Waals surface area contributed by atoms with Crippen molar-refractivity contribution in [2.75, 3.05) is 0 Å². The van der Waals surface area contributed by atoms with Gasteiger partial charge in [-0.15, -0.1) is 11.3 Å². The fourth-order valence-corrected chi connectivity index (χ4v) is 2.86. The van der Waals surface area contributed by atoms with Gasteiger partial charge in [-0.2, -0.15) is 5.10 Å². The number of nitrogens with one attached hydrogen (secondary N) is 2. The first-order valence-corrected chi connectivity index (χ1v) is 7.85. The monoisotopic (exact) mass is 331 g/mol. The molecule has 118 valence electrons. The fraction of sp³-hybridized carbons (Fsp3) is 0.200. The van der Waals surface area contributed by atoms with Gasteiger partial charge in [0.15, 0.2) is 0 Å². The smallest absolute Gasteiger partial charge is 0.271 e. The molecule has 1 atom stereocenters. The van der Waals surface area contributed by atoms with Gasteiger partial charge in [-0.05, 0) is 18.6 Å². The molecule has 3 aromatic rings. The molecular weight excluding hydrogens is 317 g/mol. The summed E-state index contributed by atoms with van der Waals surface area (Å²) in [5.41, 5.74) is 0.872. The Morgan fingerprint density at radius 1 is 1.43 bits per heavy atom. The summed E-state index contributed by atoms with van der Waals surface area (Å²) in [6.45, 7) is 1.80. The van der Waals surface area contributed by atoms with Crippen molar-refractivity contribution >= 4 is 17.2 Å². The Morgan fingerprint density at radius 3 is 3.00 bits per heavy atom. The second kappa shape index (κ2) is 6.66. The zero-order valence-corrected chi connectivity index (χ0v) is 13.1. The molecule has 0 unspecified atom stereocenters. The molecule has 0 fully saturated rings. The van der Waals surface area contributed by atoms with Gasteiger partial charge < -0.3 is 5.32 Å². The standard InChI is InChI=1S/C15H14FN5OS/c1-9(14-17-8-18-21-14)19-15(22)12-7-23-13(20-12)6-10-4-2-3-5-11(10)16/h2-5,7-9H,6H2,1H3,(H,19,22)(H,17,18,21)/t9-/m0/s1. The number of halogens is 1. The largest absolute Gasteiger partial charge is 0.341 e. The van der Waals surface area contributed by atoms with Crippen molar-refractivity contribution in [3.05, 3.63) is 63.9 Å². The number of aromatic nitrogens is 4. The Labute approximate surface area is 135 Å². The third-order valence-corrected chi connectivity index (χ3v) is 4.12. The molecule has 8 heteroatoms. The Balaban J connectivity index is 1.67. The van der Waals surface area contributed by atoms with Crippen LogP contribution >= 0.6 is 11.3 Å². The molecule has 3 rings (SSSR count). The number of carbonyl (C=O) groups excluding carboxylic acids is 1. The first-order chi connectivity index (χ1) is 11.1. The van der Waals surface area contributed by atoms with E-state index in [1.165, 1.54) is 23.7 Å². The zero-order chi connectivity index (χ0) is 16.2. The van der Waals surface area contributed by atoms with Crippen LogP contribution in [0.2, 0.25) is 0 Å². The third kappa shape index (κ3) is 3.59. The fourth-order valence-electron chi connectivity index (χ4n) is 2.06. The first kappa shape index (κ1) is 15.3. The molecule has 0 saturated carbocycles. The maximum Gasteiger partial charge on any atom is 0.271 e. The number of hydrogen-bond donors (Lipinski definition) is 2. The minimum atomic E-state index is -0.304. The zero-order valence-electron chi connectivity index (χ0n) is 12.3. The molecule has 1 amide bonds. The van der Waals surface area contributed by atoms with Crippen LogP contribution in [0.5, 0.6) is 0 Å². The highest BCUT2D eigenvalue weighted by Gasteiger charge is 2.16. The number of benzene rings is 1. The van der Waals surface area contributed by atoms with Crippen molar-refractivity contribution in [2.45, 2.75) is 19.4 Å². The van der Waals surface area contributed by atoms with Crippen molar-refractivity contribution in [2.24, 2.45) is 0 Å². The van der Waals surface area contributed by atoms with E-state index in [1.807, 2.05) is 0 Å². The van der Waals surface area contributed by atoms with Gasteiger partial charge in [0.05, 0.1) is 11.0 Å². The van der Waals surface area contributed by atoms with Crippen LogP contribution in [0.4, 0.5) is 4.39 Å². The van der Waals surface area contributed by atoms with Crippen molar-refractivity contribution in [1.82, 2.24) is 25.5 Å². The van der Waals surface area contributed by atoms with Gasteiger partial charge in [0.1, 0.15) is 23.7 Å². The number of carbonyl (C=O) groups is 1. The predicted octanol–water partition coefficient (Wildman–Crippen LogP) is 2.48. The minimum Gasteiger partial charge on any atom is -0.341 e. The molecule has 0 bridgehead atoms. The summed E-state index contributed by atoms with van der Waals surface area (Å²) in [5.74, 6) is -0.00210. The quantitative estimate of drug-likeness (QED) is 0.752. The highest BCUT2D eigenvalue weighted by atomic mass is 32.1. The summed E-state index contributed by atoms with van der Waals surface area (Å²) in [6.07, 6.45) is 1.75. The van der Waals surface area contributed by atoms with E-state index < -0.39 is 0 Å². The van der Waals surface area contributed by atoms with Crippen LogP contribution in [0.15, 0.2) is 36.0 Å². The second-order valence-electron chi connectivity index (χ2n) is 4.96. The predicted molar refractivity (Wildman–Crippen MR) is 83.6 cm³/mol. The van der Waals surface area contributed by atoms with Gasteiger partial charge in [-0.3, -0.25) is 9.89 Å². The third-order valence-electron chi connectivity index (χ3n) is 3.28. The molecule has 0 aliphatic heterocycles. The minimum absolute atomic E-state index is 0.271. The van der Waals surface area contributed by atoms with E-state index >= 15 is 0 Å². The SMILES string of the molecule is C[C@H](NC(=O)c1csc(Cc2ccccc2F)n1)c1ncn[nH]1. The Morgan fingerprint density at radius 2 is 2.26 bits per heavy atom. The van der Waals surface area contributed by atoms with Gasteiger partial charge >= 0.3 is 0 Å². The molecular formula is C15H14FN5OS. The molecule has 0 aliphatic carbocycles. The molecule has 6 nitrogen and oxygen atoms in total. The number of H-pyrrole nitrogens is 1. The van der Waals surface area contributed by atoms with E-state index in [2.05, 4.69) is 25.5 Å². The van der Waals surface area contributed by atoms with Gasteiger partial charge in [0.25, 0.3) is 5.91 Å². The van der Waals surface area contributed by atoms with Crippen molar-refractivity contribution < 1.29 is 9.18 Å². The van der Waals surface area contributed by atoms with Crippen LogP contribution in [0.1, 0.15) is 39.8 Å². The first-order valence-electron chi connectivity index (χ1n) is 6.97. The highest BCUT2D eigenvalue weighted by Crippen LogP contribution is 2.17. The molecule has 2 aromatic heterocycles. The van der Waals surface area contributed by atoms with Gasteiger partial charge in [0.2, 0.25) is 0 Å². The van der Waals surface area contributed by atoms with Crippen LogP contribution < -0.4 is 5.32 Å². The Kier molecular flexibility index (Phi) is 4.42. The molecule has 1 aromatic carbocycles. The molecule has 2 N–H and O–H groups in total. The summed E-state index contributed by atoms with van der Waals surface area (Å²) in [6, 6.07) is 6.24. The molecule has 2 heterocycles. The molecule has 23 heavy (non-hydrogen) atoms. The van der Waals surface area contributed by atoms with Crippen LogP contribution in [0.25, 0.3) is 0 Å². The second-order valence-corrected chi connectivity index (χ2v) is 5.90. The summed E-state index contributed by atoms with van der Waals surface area (Å²) >= 11 is 1.33. The number of rotatable bonds is 5. The number of nitrogens with zero attached hydrogens (tertiary/aromatic N) is 3. The molecule has 0 aliphatic rings. The number of amides is 1. The van der Waals surface area contributed by atoms with E-state index in [9.17, 15) is 9.18 Å². The number of thiazole rings is 1. The summed E-state index contributed by atoms with van der Waals surface area (Å²) in [7, 11) is 0. The van der Waals surface area contributed by atoms with Crippen LogP contribution in [-0.4, -0.2) is 26.1 Å². The average Bonchev–Trinajstić information content (AvgIpc) is 3.21. The van der Waals surface area contributed by atoms with E-state index in [4.69, 9.17) is 0 Å². The topological polar surface area (TPSA) is 83.6 Å². The van der Waals surface area contributed by atoms with Gasteiger partial charge in [-0.1, -0.05) is 18.2 Å². The van der Waals surface area contributed by atoms with E-state index in [0.29, 0.717) is 28.5 Å². The maximum absolute atomic E-state index is 13.7. The van der Waals surface area contributed by atoms with Gasteiger partial charge in [-0.25, -0.2) is 14.4 Å². The number of hydrogen-bond acceptors (Lipinski definition) is 5. The van der Waals surface area contributed by atoms with E-state index in [0.717, 1.165) is 0 Å². The van der Waals surface area contributed by atoms with Crippen LogP contribution in [-0.2, 0) is 6.42 Å². The number of aromatic amines is 1. The molecule has 0 radical (unpaired) electrons. The van der Waals surface area contributed by atoms with Crippen molar-refractivity contribution in [3.63, 3.8) is 0 Å². The summed E-state index contributed by atoms with van der Waals surface area (Å²) in [4.78, 5) is 20.4. The summed E-state index contributed by atoms with van der Waals surface area (Å²) < 4.78 is 13.7. The van der Waals surface area contributed by atoms with Crippen molar-refractivity contribution in [3.8, 4) is 0 Å².